The zero-order valence-corrected chi connectivity index (χ0v) is 11.5. The molecule has 0 fully saturated rings. The molecule has 0 nitrogen and oxygen atoms in total. The van der Waals surface area contributed by atoms with Crippen molar-refractivity contribution >= 4 is 23.2 Å². The smallest absolute Gasteiger partial charge is 0.0626 e. The largest absolute Gasteiger partial charge is 0.117 e. The Balaban J connectivity index is 2.05. The number of rotatable bonds is 0. The molecule has 0 heterocycles. The van der Waals surface area contributed by atoms with Gasteiger partial charge in [-0.05, 0) is 47.6 Å². The summed E-state index contributed by atoms with van der Waals surface area (Å²) in [6.45, 7) is 0. The van der Waals surface area contributed by atoms with E-state index in [1.54, 1.807) is 0 Å². The molecular weight excluding hydrogens is 263 g/mol. The molecule has 92 valence electrons. The Morgan fingerprint density at radius 3 is 2.28 bits per heavy atom. The summed E-state index contributed by atoms with van der Waals surface area (Å²) < 4.78 is 0. The highest BCUT2D eigenvalue weighted by atomic mass is 35.5. The van der Waals surface area contributed by atoms with Crippen LogP contribution in [0.5, 0.6) is 0 Å². The SMILES string of the molecule is Clc1cc2ccc1CC(Cl)c1ccc(cc1)CC2. The van der Waals surface area contributed by atoms with E-state index in [0.29, 0.717) is 0 Å². The molecule has 2 aromatic carbocycles. The minimum atomic E-state index is -0.0122. The van der Waals surface area contributed by atoms with Gasteiger partial charge in [0.05, 0.1) is 5.38 Å². The summed E-state index contributed by atoms with van der Waals surface area (Å²) in [6.07, 6.45) is 2.85. The molecule has 0 saturated carbocycles. The molecule has 1 unspecified atom stereocenters. The van der Waals surface area contributed by atoms with Crippen molar-refractivity contribution < 1.29 is 0 Å². The first-order valence-electron chi connectivity index (χ1n) is 6.22. The molecule has 18 heavy (non-hydrogen) atoms. The third-order valence-electron chi connectivity index (χ3n) is 3.56. The van der Waals surface area contributed by atoms with Crippen molar-refractivity contribution in [2.24, 2.45) is 0 Å². The summed E-state index contributed by atoms with van der Waals surface area (Å²) in [5.41, 5.74) is 4.94. The van der Waals surface area contributed by atoms with Gasteiger partial charge in [0.2, 0.25) is 0 Å². The van der Waals surface area contributed by atoms with Gasteiger partial charge in [0.1, 0.15) is 0 Å². The lowest BCUT2D eigenvalue weighted by Gasteiger charge is -2.15. The molecule has 1 atom stereocenters. The molecule has 0 amide bonds. The zero-order valence-electron chi connectivity index (χ0n) is 10.00. The van der Waals surface area contributed by atoms with Crippen LogP contribution in [0, 0.1) is 0 Å². The van der Waals surface area contributed by atoms with Crippen LogP contribution in [0.4, 0.5) is 0 Å². The monoisotopic (exact) mass is 276 g/mol. The van der Waals surface area contributed by atoms with Crippen LogP contribution in [0.15, 0.2) is 42.5 Å². The van der Waals surface area contributed by atoms with E-state index in [-0.39, 0.29) is 5.38 Å². The maximum Gasteiger partial charge on any atom is 0.0626 e. The highest BCUT2D eigenvalue weighted by Crippen LogP contribution is 2.30. The van der Waals surface area contributed by atoms with Gasteiger partial charge >= 0.3 is 0 Å². The van der Waals surface area contributed by atoms with E-state index in [1.165, 1.54) is 16.7 Å². The number of hydrogen-bond donors (Lipinski definition) is 0. The average molecular weight is 277 g/mol. The zero-order chi connectivity index (χ0) is 12.5. The molecule has 4 bridgehead atoms. The first-order chi connectivity index (χ1) is 8.72. The normalized spacial score (nSPS) is 18.4. The Bertz CT molecular complexity index is 558. The average Bonchev–Trinajstić information content (AvgIpc) is 2.38. The Morgan fingerprint density at radius 2 is 1.56 bits per heavy atom. The molecule has 0 saturated heterocycles. The van der Waals surface area contributed by atoms with E-state index >= 15 is 0 Å². The van der Waals surface area contributed by atoms with Gasteiger partial charge in [-0.15, -0.1) is 11.6 Å². The maximum atomic E-state index is 6.46. The second-order valence-electron chi connectivity index (χ2n) is 4.84. The van der Waals surface area contributed by atoms with E-state index < -0.39 is 0 Å². The molecule has 0 radical (unpaired) electrons. The second-order valence-corrected chi connectivity index (χ2v) is 5.77. The lowest BCUT2D eigenvalue weighted by Crippen LogP contribution is -2.00. The van der Waals surface area contributed by atoms with E-state index in [2.05, 4.69) is 42.5 Å². The molecule has 0 spiro atoms. The van der Waals surface area contributed by atoms with Gasteiger partial charge in [0, 0.05) is 5.02 Å². The van der Waals surface area contributed by atoms with Crippen LogP contribution in [0.1, 0.15) is 27.6 Å². The molecular formula is C16H14Cl2. The first-order valence-corrected chi connectivity index (χ1v) is 7.04. The maximum absolute atomic E-state index is 6.46. The third-order valence-corrected chi connectivity index (χ3v) is 4.32. The molecule has 4 aliphatic carbocycles. The van der Waals surface area contributed by atoms with Crippen molar-refractivity contribution in [3.63, 3.8) is 0 Å². The fourth-order valence-electron chi connectivity index (χ4n) is 2.40. The van der Waals surface area contributed by atoms with E-state index in [9.17, 15) is 0 Å². The Hall–Kier alpha value is -0.980. The van der Waals surface area contributed by atoms with Crippen molar-refractivity contribution in [2.75, 3.05) is 0 Å². The Kier molecular flexibility index (Phi) is 3.32. The highest BCUT2D eigenvalue weighted by molar-refractivity contribution is 6.31. The summed E-state index contributed by atoms with van der Waals surface area (Å²) in [6, 6.07) is 15.0. The van der Waals surface area contributed by atoms with Gasteiger partial charge in [0.25, 0.3) is 0 Å². The second kappa shape index (κ2) is 4.95. The van der Waals surface area contributed by atoms with Gasteiger partial charge in [-0.25, -0.2) is 0 Å². The van der Waals surface area contributed by atoms with E-state index in [1.807, 2.05) is 0 Å². The molecule has 2 aromatic rings. The highest BCUT2D eigenvalue weighted by Gasteiger charge is 2.13. The van der Waals surface area contributed by atoms with E-state index in [4.69, 9.17) is 23.2 Å². The molecule has 6 rings (SSSR count). The summed E-state index contributed by atoms with van der Waals surface area (Å²) in [4.78, 5) is 0. The Labute approximate surface area is 118 Å². The molecule has 4 aliphatic rings. The fourth-order valence-corrected chi connectivity index (χ4v) is 3.00. The number of hydrogen-bond acceptors (Lipinski definition) is 0. The number of halogens is 2. The molecule has 0 N–H and O–H groups in total. The van der Waals surface area contributed by atoms with Crippen LogP contribution >= 0.6 is 23.2 Å². The third kappa shape index (κ3) is 2.41. The van der Waals surface area contributed by atoms with Crippen LogP contribution < -0.4 is 0 Å². The van der Waals surface area contributed by atoms with Crippen LogP contribution in [0.2, 0.25) is 5.02 Å². The fraction of sp³-hybridized carbons (Fsp3) is 0.250. The van der Waals surface area contributed by atoms with Gasteiger partial charge < -0.3 is 0 Å². The Morgan fingerprint density at radius 1 is 0.889 bits per heavy atom. The standard InChI is InChI=1S/C16H14Cl2/c17-15-9-12-2-1-11-3-6-13(7-4-11)16(18)10-14(15)8-5-12/h3-9,16H,1-2,10H2. The number of alkyl halides is 1. The van der Waals surface area contributed by atoms with Crippen molar-refractivity contribution in [1.29, 1.82) is 0 Å². The minimum Gasteiger partial charge on any atom is -0.117 e. The summed E-state index contributed by atoms with van der Waals surface area (Å²) >= 11 is 12.8. The molecule has 0 aliphatic heterocycles. The summed E-state index contributed by atoms with van der Waals surface area (Å²) in [5.74, 6) is 0. The minimum absolute atomic E-state index is 0.0122. The van der Waals surface area contributed by atoms with Gasteiger partial charge in [0.15, 0.2) is 0 Å². The first kappa shape index (κ1) is 12.1. The molecule has 2 heteroatoms. The number of benzene rings is 2. The van der Waals surface area contributed by atoms with Crippen LogP contribution in [0.3, 0.4) is 0 Å². The number of aryl methyl sites for hydroxylation is 2. The predicted molar refractivity (Wildman–Crippen MR) is 77.6 cm³/mol. The predicted octanol–water partition coefficient (Wildman–Crippen LogP) is 4.96. The quantitative estimate of drug-likeness (QED) is 0.597. The van der Waals surface area contributed by atoms with Crippen molar-refractivity contribution in [1.82, 2.24) is 0 Å². The van der Waals surface area contributed by atoms with Crippen molar-refractivity contribution in [3.05, 3.63) is 69.7 Å². The topological polar surface area (TPSA) is 0 Å². The summed E-state index contributed by atoms with van der Waals surface area (Å²) in [7, 11) is 0. The summed E-state index contributed by atoms with van der Waals surface area (Å²) in [5, 5.41) is 0.829. The lowest BCUT2D eigenvalue weighted by molar-refractivity contribution is 0.898. The van der Waals surface area contributed by atoms with Crippen molar-refractivity contribution in [2.45, 2.75) is 24.6 Å². The van der Waals surface area contributed by atoms with Gasteiger partial charge in [-0.3, -0.25) is 0 Å². The van der Waals surface area contributed by atoms with Crippen LogP contribution in [0.25, 0.3) is 0 Å². The van der Waals surface area contributed by atoms with E-state index in [0.717, 1.165) is 29.8 Å². The van der Waals surface area contributed by atoms with Gasteiger partial charge in [-0.2, -0.15) is 0 Å². The van der Waals surface area contributed by atoms with Crippen molar-refractivity contribution in [3.8, 4) is 0 Å². The van der Waals surface area contributed by atoms with Crippen LogP contribution in [-0.2, 0) is 19.3 Å². The van der Waals surface area contributed by atoms with Crippen LogP contribution in [-0.4, -0.2) is 0 Å². The molecule has 0 aromatic heterocycles. The van der Waals surface area contributed by atoms with Gasteiger partial charge in [-0.1, -0.05) is 48.0 Å². The lowest BCUT2D eigenvalue weighted by atomic mass is 9.96.